The van der Waals surface area contributed by atoms with Crippen molar-refractivity contribution < 1.29 is 9.53 Å². The van der Waals surface area contributed by atoms with Gasteiger partial charge in [0, 0.05) is 12.2 Å². The molecular formula is C18H36O2S. The van der Waals surface area contributed by atoms with Gasteiger partial charge in [-0.15, -0.1) is 0 Å². The van der Waals surface area contributed by atoms with Crippen LogP contribution in [0.25, 0.3) is 0 Å². The molecular weight excluding hydrogens is 280 g/mol. The molecule has 0 aromatic rings. The predicted octanol–water partition coefficient (Wildman–Crippen LogP) is 5.98. The lowest BCUT2D eigenvalue weighted by Gasteiger charge is -2.05. The maximum absolute atomic E-state index is 11.5. The highest BCUT2D eigenvalue weighted by Gasteiger charge is 2.02. The highest BCUT2D eigenvalue weighted by atomic mass is 32.2. The summed E-state index contributed by atoms with van der Waals surface area (Å²) in [5, 5.41) is 0. The van der Waals surface area contributed by atoms with E-state index in [1.165, 1.54) is 70.0 Å². The largest absolute Gasteiger partial charge is 0.465 e. The molecule has 0 amide bonds. The molecule has 0 rings (SSSR count). The molecule has 0 N–H and O–H groups in total. The molecule has 0 spiro atoms. The van der Waals surface area contributed by atoms with Gasteiger partial charge in [0.05, 0.1) is 0 Å². The zero-order chi connectivity index (χ0) is 15.6. The van der Waals surface area contributed by atoms with E-state index in [1.54, 1.807) is 0 Å². The van der Waals surface area contributed by atoms with Crippen molar-refractivity contribution in [2.45, 2.75) is 90.9 Å². The zero-order valence-electron chi connectivity index (χ0n) is 14.3. The summed E-state index contributed by atoms with van der Waals surface area (Å²) in [6, 6.07) is 0. The standard InChI is InChI=1S/C18H36O2S/c1-3-5-7-8-9-10-11-12-13-14-18(19)20-15-17-21-16-6-4-2/h3-17H2,1-2H3. The van der Waals surface area contributed by atoms with Gasteiger partial charge in [-0.25, -0.2) is 0 Å². The number of ether oxygens (including phenoxy) is 1. The Kier molecular flexibility index (Phi) is 17.7. The van der Waals surface area contributed by atoms with Crippen LogP contribution in [0.3, 0.4) is 0 Å². The third-order valence-electron chi connectivity index (χ3n) is 3.62. The average Bonchev–Trinajstić information content (AvgIpc) is 2.49. The van der Waals surface area contributed by atoms with Crippen molar-refractivity contribution in [2.75, 3.05) is 18.1 Å². The van der Waals surface area contributed by atoms with E-state index < -0.39 is 0 Å². The number of carbonyl (C=O) groups is 1. The van der Waals surface area contributed by atoms with Crippen molar-refractivity contribution in [3.63, 3.8) is 0 Å². The van der Waals surface area contributed by atoms with E-state index in [0.29, 0.717) is 13.0 Å². The van der Waals surface area contributed by atoms with Crippen LogP contribution in [-0.4, -0.2) is 24.1 Å². The lowest BCUT2D eigenvalue weighted by Crippen LogP contribution is -2.07. The summed E-state index contributed by atoms with van der Waals surface area (Å²) >= 11 is 1.89. The molecule has 3 heteroatoms. The first-order valence-electron chi connectivity index (χ1n) is 9.04. The molecule has 0 heterocycles. The van der Waals surface area contributed by atoms with E-state index in [-0.39, 0.29) is 5.97 Å². The second kappa shape index (κ2) is 17.9. The molecule has 0 aliphatic rings. The number of hydrogen-bond acceptors (Lipinski definition) is 3. The molecule has 0 saturated heterocycles. The van der Waals surface area contributed by atoms with Crippen molar-refractivity contribution in [1.29, 1.82) is 0 Å². The van der Waals surface area contributed by atoms with Gasteiger partial charge >= 0.3 is 5.97 Å². The first-order valence-corrected chi connectivity index (χ1v) is 10.2. The summed E-state index contributed by atoms with van der Waals surface area (Å²) < 4.78 is 5.23. The van der Waals surface area contributed by atoms with Gasteiger partial charge in [-0.3, -0.25) is 4.79 Å². The predicted molar refractivity (Wildman–Crippen MR) is 95.0 cm³/mol. The van der Waals surface area contributed by atoms with Crippen LogP contribution in [0.4, 0.5) is 0 Å². The van der Waals surface area contributed by atoms with Crippen LogP contribution in [0.15, 0.2) is 0 Å². The van der Waals surface area contributed by atoms with Crippen LogP contribution in [-0.2, 0) is 9.53 Å². The van der Waals surface area contributed by atoms with Crippen LogP contribution >= 0.6 is 11.8 Å². The van der Waals surface area contributed by atoms with Gasteiger partial charge in [0.2, 0.25) is 0 Å². The minimum atomic E-state index is -0.00552. The van der Waals surface area contributed by atoms with E-state index in [0.717, 1.165) is 12.2 Å². The Morgan fingerprint density at radius 1 is 0.762 bits per heavy atom. The summed E-state index contributed by atoms with van der Waals surface area (Å²) in [6.07, 6.45) is 14.7. The zero-order valence-corrected chi connectivity index (χ0v) is 15.1. The fourth-order valence-electron chi connectivity index (χ4n) is 2.22. The molecule has 0 radical (unpaired) electrons. The third-order valence-corrected chi connectivity index (χ3v) is 4.65. The van der Waals surface area contributed by atoms with E-state index in [9.17, 15) is 4.79 Å². The first-order chi connectivity index (χ1) is 10.3. The number of unbranched alkanes of at least 4 members (excludes halogenated alkanes) is 9. The summed E-state index contributed by atoms with van der Waals surface area (Å²) in [5.74, 6) is 2.13. The molecule has 21 heavy (non-hydrogen) atoms. The van der Waals surface area contributed by atoms with Gasteiger partial charge in [-0.05, 0) is 18.6 Å². The maximum Gasteiger partial charge on any atom is 0.305 e. The lowest BCUT2D eigenvalue weighted by atomic mass is 10.1. The number of rotatable bonds is 16. The summed E-state index contributed by atoms with van der Waals surface area (Å²) in [4.78, 5) is 11.5. The van der Waals surface area contributed by atoms with E-state index in [4.69, 9.17) is 4.74 Å². The highest BCUT2D eigenvalue weighted by Crippen LogP contribution is 2.11. The van der Waals surface area contributed by atoms with E-state index >= 15 is 0 Å². The van der Waals surface area contributed by atoms with Crippen LogP contribution < -0.4 is 0 Å². The average molecular weight is 317 g/mol. The molecule has 0 aromatic heterocycles. The third kappa shape index (κ3) is 17.8. The van der Waals surface area contributed by atoms with Crippen molar-refractivity contribution in [2.24, 2.45) is 0 Å². The summed E-state index contributed by atoms with van der Waals surface area (Å²) in [7, 11) is 0. The van der Waals surface area contributed by atoms with E-state index in [1.807, 2.05) is 11.8 Å². The van der Waals surface area contributed by atoms with Crippen LogP contribution in [0.5, 0.6) is 0 Å². The highest BCUT2D eigenvalue weighted by molar-refractivity contribution is 7.99. The molecule has 0 aliphatic carbocycles. The molecule has 0 aliphatic heterocycles. The quantitative estimate of drug-likeness (QED) is 0.259. The van der Waals surface area contributed by atoms with Crippen LogP contribution in [0, 0.1) is 0 Å². The molecule has 0 saturated carbocycles. The van der Waals surface area contributed by atoms with E-state index in [2.05, 4.69) is 13.8 Å². The lowest BCUT2D eigenvalue weighted by molar-refractivity contribution is -0.143. The molecule has 0 atom stereocenters. The normalized spacial score (nSPS) is 10.8. The van der Waals surface area contributed by atoms with Gasteiger partial charge in [0.15, 0.2) is 0 Å². The minimum Gasteiger partial charge on any atom is -0.465 e. The van der Waals surface area contributed by atoms with Crippen molar-refractivity contribution in [1.82, 2.24) is 0 Å². The molecule has 126 valence electrons. The van der Waals surface area contributed by atoms with Gasteiger partial charge in [0.25, 0.3) is 0 Å². The Hall–Kier alpha value is -0.180. The monoisotopic (exact) mass is 316 g/mol. The summed E-state index contributed by atoms with van der Waals surface area (Å²) in [6.45, 7) is 5.04. The first kappa shape index (κ1) is 20.8. The molecule has 0 bridgehead atoms. The Labute approximate surface area is 136 Å². The Morgan fingerprint density at radius 3 is 1.95 bits per heavy atom. The molecule has 2 nitrogen and oxygen atoms in total. The van der Waals surface area contributed by atoms with Crippen LogP contribution in [0.2, 0.25) is 0 Å². The van der Waals surface area contributed by atoms with Gasteiger partial charge in [0.1, 0.15) is 6.61 Å². The second-order valence-electron chi connectivity index (χ2n) is 5.76. The minimum absolute atomic E-state index is 0.00552. The van der Waals surface area contributed by atoms with Crippen molar-refractivity contribution in [3.05, 3.63) is 0 Å². The van der Waals surface area contributed by atoms with Crippen molar-refractivity contribution in [3.8, 4) is 0 Å². The topological polar surface area (TPSA) is 26.3 Å². The smallest absolute Gasteiger partial charge is 0.305 e. The van der Waals surface area contributed by atoms with Gasteiger partial charge < -0.3 is 4.74 Å². The molecule has 0 aromatic carbocycles. The fraction of sp³-hybridized carbons (Fsp3) is 0.944. The number of hydrogen-bond donors (Lipinski definition) is 0. The SMILES string of the molecule is CCCCCCCCCCCC(=O)OCCSCCCC. The fourth-order valence-corrected chi connectivity index (χ4v) is 3.11. The van der Waals surface area contributed by atoms with Crippen molar-refractivity contribution >= 4 is 17.7 Å². The Morgan fingerprint density at radius 2 is 1.33 bits per heavy atom. The number of carbonyl (C=O) groups excluding carboxylic acids is 1. The number of esters is 1. The molecule has 0 unspecified atom stereocenters. The molecule has 0 fully saturated rings. The number of thioether (sulfide) groups is 1. The van der Waals surface area contributed by atoms with Gasteiger partial charge in [-0.1, -0.05) is 71.6 Å². The Bertz CT molecular complexity index is 219. The summed E-state index contributed by atoms with van der Waals surface area (Å²) in [5.41, 5.74) is 0. The second-order valence-corrected chi connectivity index (χ2v) is 6.99. The van der Waals surface area contributed by atoms with Gasteiger partial charge in [-0.2, -0.15) is 11.8 Å². The maximum atomic E-state index is 11.5. The van der Waals surface area contributed by atoms with Crippen LogP contribution in [0.1, 0.15) is 90.9 Å². The Balaban J connectivity index is 3.12.